The maximum Gasteiger partial charge on any atom is 0.330 e. The normalized spacial score (nSPS) is 10.8. The number of thiophene rings is 1. The smallest absolute Gasteiger partial charge is 0.330 e. The lowest BCUT2D eigenvalue weighted by atomic mass is 9.93. The Balaban J connectivity index is 2.16. The van der Waals surface area contributed by atoms with Crippen molar-refractivity contribution >= 4 is 29.1 Å². The summed E-state index contributed by atoms with van der Waals surface area (Å²) in [6.07, 6.45) is 3.24. The molecule has 2 aromatic carbocycles. The molecule has 2 N–H and O–H groups in total. The zero-order valence-corrected chi connectivity index (χ0v) is 16.5. The van der Waals surface area contributed by atoms with Crippen molar-refractivity contribution in [3.63, 3.8) is 0 Å². The molecule has 0 bridgehead atoms. The van der Waals surface area contributed by atoms with Gasteiger partial charge in [-0.25, -0.2) is 4.79 Å². The van der Waals surface area contributed by atoms with Gasteiger partial charge in [-0.1, -0.05) is 18.2 Å². The van der Waals surface area contributed by atoms with Gasteiger partial charge >= 0.3 is 5.97 Å². The topological polar surface area (TPSA) is 76.1 Å². The molecule has 4 nitrogen and oxygen atoms in total. The number of nitrogen functional groups attached to an aromatic ring is 1. The number of ether oxygens (including phenoxy) is 1. The third kappa shape index (κ3) is 4.13. The molecular formula is C23H20N2O2S. The molecule has 140 valence electrons. The number of anilines is 1. The van der Waals surface area contributed by atoms with Crippen LogP contribution in [0.25, 0.3) is 28.3 Å². The maximum atomic E-state index is 11.8. The second-order valence-electron chi connectivity index (χ2n) is 6.24. The summed E-state index contributed by atoms with van der Waals surface area (Å²) < 4.78 is 5.00. The molecule has 5 heteroatoms. The van der Waals surface area contributed by atoms with Gasteiger partial charge in [-0.3, -0.25) is 0 Å². The SMILES string of the molecule is CCOC(=O)C=Cc1scc(-c2ccc(N)cc2)c1-c1ccc(C#N)cc1C. The fourth-order valence-electron chi connectivity index (χ4n) is 3.00. The molecule has 0 aliphatic heterocycles. The Morgan fingerprint density at radius 1 is 1.21 bits per heavy atom. The predicted molar refractivity (Wildman–Crippen MR) is 115 cm³/mol. The van der Waals surface area contributed by atoms with Gasteiger partial charge < -0.3 is 10.5 Å². The van der Waals surface area contributed by atoms with E-state index in [2.05, 4.69) is 11.4 Å². The Morgan fingerprint density at radius 2 is 1.96 bits per heavy atom. The van der Waals surface area contributed by atoms with Gasteiger partial charge in [-0.05, 0) is 66.3 Å². The zero-order valence-electron chi connectivity index (χ0n) is 15.7. The highest BCUT2D eigenvalue weighted by molar-refractivity contribution is 7.12. The van der Waals surface area contributed by atoms with Gasteiger partial charge in [0.25, 0.3) is 0 Å². The largest absolute Gasteiger partial charge is 0.463 e. The number of nitrogens with zero attached hydrogens (tertiary/aromatic N) is 1. The number of esters is 1. The van der Waals surface area contributed by atoms with Crippen LogP contribution in [0.5, 0.6) is 0 Å². The first-order valence-corrected chi connectivity index (χ1v) is 9.74. The van der Waals surface area contributed by atoms with Gasteiger partial charge in [0.2, 0.25) is 0 Å². The van der Waals surface area contributed by atoms with Crippen molar-refractivity contribution < 1.29 is 9.53 Å². The van der Waals surface area contributed by atoms with E-state index in [1.54, 1.807) is 24.3 Å². The van der Waals surface area contributed by atoms with E-state index in [-0.39, 0.29) is 5.97 Å². The van der Waals surface area contributed by atoms with E-state index in [9.17, 15) is 10.1 Å². The molecule has 3 rings (SSSR count). The molecule has 3 aromatic rings. The summed E-state index contributed by atoms with van der Waals surface area (Å²) in [5.74, 6) is -0.368. The van der Waals surface area contributed by atoms with Gasteiger partial charge in [0.15, 0.2) is 0 Å². The number of hydrogen-bond donors (Lipinski definition) is 1. The van der Waals surface area contributed by atoms with Gasteiger partial charge in [0.1, 0.15) is 0 Å². The van der Waals surface area contributed by atoms with E-state index in [1.807, 2.05) is 49.4 Å². The molecule has 0 unspecified atom stereocenters. The maximum absolute atomic E-state index is 11.8. The minimum atomic E-state index is -0.368. The van der Waals surface area contributed by atoms with E-state index < -0.39 is 0 Å². The van der Waals surface area contributed by atoms with Crippen LogP contribution in [0.15, 0.2) is 53.9 Å². The summed E-state index contributed by atoms with van der Waals surface area (Å²) in [6, 6.07) is 15.5. The lowest BCUT2D eigenvalue weighted by Crippen LogP contribution is -1.98. The van der Waals surface area contributed by atoms with Gasteiger partial charge in [-0.15, -0.1) is 11.3 Å². The van der Waals surface area contributed by atoms with Crippen LogP contribution in [0.3, 0.4) is 0 Å². The molecule has 0 aliphatic rings. The molecule has 0 radical (unpaired) electrons. The number of rotatable bonds is 5. The molecule has 0 atom stereocenters. The Kier molecular flexibility index (Phi) is 5.93. The lowest BCUT2D eigenvalue weighted by molar-refractivity contribution is -0.137. The molecular weight excluding hydrogens is 368 g/mol. The summed E-state index contributed by atoms with van der Waals surface area (Å²) in [4.78, 5) is 12.7. The minimum Gasteiger partial charge on any atom is -0.463 e. The highest BCUT2D eigenvalue weighted by atomic mass is 32.1. The second-order valence-corrected chi connectivity index (χ2v) is 7.15. The van der Waals surface area contributed by atoms with E-state index in [1.165, 1.54) is 6.08 Å². The summed E-state index contributed by atoms with van der Waals surface area (Å²) in [7, 11) is 0. The van der Waals surface area contributed by atoms with Crippen molar-refractivity contribution in [2.75, 3.05) is 12.3 Å². The zero-order chi connectivity index (χ0) is 20.1. The summed E-state index contributed by atoms with van der Waals surface area (Å²) in [5.41, 5.74) is 12.3. The van der Waals surface area contributed by atoms with Crippen molar-refractivity contribution in [3.05, 3.63) is 69.9 Å². The fraction of sp³-hybridized carbons (Fsp3) is 0.130. The quantitative estimate of drug-likeness (QED) is 0.360. The van der Waals surface area contributed by atoms with Crippen molar-refractivity contribution in [2.24, 2.45) is 0 Å². The van der Waals surface area contributed by atoms with Gasteiger partial charge in [0.05, 0.1) is 18.2 Å². The van der Waals surface area contributed by atoms with Gasteiger partial charge in [-0.2, -0.15) is 5.26 Å². The number of nitrogens with two attached hydrogens (primary N) is 1. The first-order valence-electron chi connectivity index (χ1n) is 8.86. The van der Waals surface area contributed by atoms with Crippen LogP contribution in [-0.2, 0) is 9.53 Å². The number of carbonyl (C=O) groups is 1. The van der Waals surface area contributed by atoms with Crippen LogP contribution in [-0.4, -0.2) is 12.6 Å². The number of nitriles is 1. The van der Waals surface area contributed by atoms with Crippen LogP contribution in [0, 0.1) is 18.3 Å². The third-order valence-electron chi connectivity index (χ3n) is 4.32. The van der Waals surface area contributed by atoms with Crippen molar-refractivity contribution in [1.82, 2.24) is 0 Å². The molecule has 0 spiro atoms. The molecule has 0 fully saturated rings. The van der Waals surface area contributed by atoms with Crippen molar-refractivity contribution in [1.29, 1.82) is 5.26 Å². The molecule has 1 aromatic heterocycles. The number of carbonyl (C=O) groups excluding carboxylic acids is 1. The van der Waals surface area contributed by atoms with Crippen LogP contribution in [0.1, 0.15) is 22.9 Å². The van der Waals surface area contributed by atoms with E-state index in [4.69, 9.17) is 10.5 Å². The fourth-order valence-corrected chi connectivity index (χ4v) is 3.98. The Labute approximate surface area is 168 Å². The van der Waals surface area contributed by atoms with Crippen LogP contribution < -0.4 is 5.73 Å². The Hall–Kier alpha value is -3.36. The van der Waals surface area contributed by atoms with Crippen LogP contribution in [0.4, 0.5) is 5.69 Å². The van der Waals surface area contributed by atoms with Crippen molar-refractivity contribution in [3.8, 4) is 28.3 Å². The molecule has 0 aliphatic carbocycles. The Bertz CT molecular complexity index is 1070. The molecule has 0 saturated heterocycles. The average molecular weight is 388 g/mol. The molecule has 28 heavy (non-hydrogen) atoms. The third-order valence-corrected chi connectivity index (χ3v) is 5.27. The lowest BCUT2D eigenvalue weighted by Gasteiger charge is -2.11. The minimum absolute atomic E-state index is 0.339. The predicted octanol–water partition coefficient (Wildman–Crippen LogP) is 5.42. The number of aryl methyl sites for hydroxylation is 1. The van der Waals surface area contributed by atoms with Crippen LogP contribution in [0.2, 0.25) is 0 Å². The van der Waals surface area contributed by atoms with Crippen LogP contribution >= 0.6 is 11.3 Å². The second kappa shape index (κ2) is 8.55. The van der Waals surface area contributed by atoms with E-state index >= 15 is 0 Å². The molecule has 1 heterocycles. The first-order chi connectivity index (χ1) is 13.5. The molecule has 0 saturated carbocycles. The first kappa shape index (κ1) is 19.4. The number of hydrogen-bond acceptors (Lipinski definition) is 5. The summed E-state index contributed by atoms with van der Waals surface area (Å²) in [5, 5.41) is 11.2. The van der Waals surface area contributed by atoms with E-state index in [0.29, 0.717) is 17.9 Å². The highest BCUT2D eigenvalue weighted by Crippen LogP contribution is 2.41. The highest BCUT2D eigenvalue weighted by Gasteiger charge is 2.16. The number of benzene rings is 2. The average Bonchev–Trinajstić information content (AvgIpc) is 3.10. The summed E-state index contributed by atoms with van der Waals surface area (Å²) >= 11 is 1.56. The molecule has 0 amide bonds. The van der Waals surface area contributed by atoms with Gasteiger partial charge in [0, 0.05) is 27.8 Å². The Morgan fingerprint density at radius 3 is 2.61 bits per heavy atom. The summed E-state index contributed by atoms with van der Waals surface area (Å²) in [6.45, 7) is 4.10. The van der Waals surface area contributed by atoms with E-state index in [0.717, 1.165) is 32.7 Å². The van der Waals surface area contributed by atoms with Crippen molar-refractivity contribution in [2.45, 2.75) is 13.8 Å². The standard InChI is InChI=1S/C23H20N2O2S/c1-3-27-22(26)11-10-21-23(19-9-4-16(13-24)12-15(19)2)20(14-28-21)17-5-7-18(25)8-6-17/h4-12,14H,3,25H2,1-2H3. The monoisotopic (exact) mass is 388 g/mol.